The highest BCUT2D eigenvalue weighted by atomic mass is 16.5. The lowest BCUT2D eigenvalue weighted by Crippen LogP contribution is -2.13. The quantitative estimate of drug-likeness (QED) is 0.831. The smallest absolute Gasteiger partial charge is 0.239 e. The number of benzene rings is 1. The van der Waals surface area contributed by atoms with Gasteiger partial charge in [0.05, 0.1) is 18.9 Å². The van der Waals surface area contributed by atoms with E-state index in [4.69, 9.17) is 14.9 Å². The van der Waals surface area contributed by atoms with Crippen LogP contribution in [0.15, 0.2) is 45.8 Å². The Balaban J connectivity index is 2.21. The van der Waals surface area contributed by atoms with Gasteiger partial charge in [-0.05, 0) is 24.3 Å². The van der Waals surface area contributed by atoms with Gasteiger partial charge >= 0.3 is 0 Å². The maximum Gasteiger partial charge on any atom is 0.239 e. The highest BCUT2D eigenvalue weighted by Crippen LogP contribution is 2.30. The van der Waals surface area contributed by atoms with Gasteiger partial charge in [0.15, 0.2) is 0 Å². The van der Waals surface area contributed by atoms with Crippen molar-refractivity contribution >= 4 is 12.1 Å². The topological polar surface area (TPSA) is 77.8 Å². The van der Waals surface area contributed by atoms with Crippen LogP contribution in [0.2, 0.25) is 0 Å². The van der Waals surface area contributed by atoms with Gasteiger partial charge in [0.2, 0.25) is 5.91 Å². The molecule has 0 bridgehead atoms. The molecule has 0 spiro atoms. The fraction of sp³-hybridized carbons (Fsp3) is 0.143. The number of amides is 1. The monoisotopic (exact) mass is 258 g/mol. The summed E-state index contributed by atoms with van der Waals surface area (Å²) in [4.78, 5) is 14.4. The van der Waals surface area contributed by atoms with Crippen LogP contribution >= 0.6 is 0 Å². The molecule has 0 unspecified atom stereocenters. The van der Waals surface area contributed by atoms with Gasteiger partial charge in [0.1, 0.15) is 23.8 Å². The second kappa shape index (κ2) is 5.86. The Hall–Kier alpha value is -2.56. The number of aliphatic imine (C=N–C) groups is 1. The summed E-state index contributed by atoms with van der Waals surface area (Å²) >= 11 is 0. The zero-order valence-corrected chi connectivity index (χ0v) is 10.5. The molecule has 5 heteroatoms. The number of carbonyl (C=O) groups is 1. The van der Waals surface area contributed by atoms with Gasteiger partial charge in [-0.15, -0.1) is 0 Å². The molecule has 0 aliphatic rings. The van der Waals surface area contributed by atoms with E-state index < -0.39 is 5.91 Å². The third-order valence-corrected chi connectivity index (χ3v) is 2.46. The minimum atomic E-state index is -0.479. The number of furan rings is 1. The summed E-state index contributed by atoms with van der Waals surface area (Å²) in [6.07, 6.45) is 1.48. The summed E-state index contributed by atoms with van der Waals surface area (Å²) in [6.45, 7) is -0.0509. The van der Waals surface area contributed by atoms with Crippen molar-refractivity contribution in [1.82, 2.24) is 0 Å². The minimum absolute atomic E-state index is 0.0509. The number of ether oxygens (including phenoxy) is 1. The third-order valence-electron chi connectivity index (χ3n) is 2.46. The highest BCUT2D eigenvalue weighted by molar-refractivity contribution is 5.82. The Morgan fingerprint density at radius 1 is 1.37 bits per heavy atom. The van der Waals surface area contributed by atoms with Crippen molar-refractivity contribution in [2.45, 2.75) is 0 Å². The molecule has 0 saturated carbocycles. The van der Waals surface area contributed by atoms with Gasteiger partial charge < -0.3 is 14.9 Å². The van der Waals surface area contributed by atoms with Crippen LogP contribution in [0.1, 0.15) is 5.76 Å². The second-order valence-electron chi connectivity index (χ2n) is 3.84. The predicted molar refractivity (Wildman–Crippen MR) is 72.4 cm³/mol. The number of nitrogens with two attached hydrogens (primary N) is 1. The van der Waals surface area contributed by atoms with Crippen molar-refractivity contribution < 1.29 is 13.9 Å². The van der Waals surface area contributed by atoms with Crippen LogP contribution in [0, 0.1) is 0 Å². The number of rotatable bonds is 5. The molecule has 19 heavy (non-hydrogen) atoms. The van der Waals surface area contributed by atoms with Crippen molar-refractivity contribution in [1.29, 1.82) is 0 Å². The minimum Gasteiger partial charge on any atom is -0.496 e. The predicted octanol–water partition coefficient (Wildman–Crippen LogP) is 1.86. The Morgan fingerprint density at radius 2 is 2.16 bits per heavy atom. The molecule has 0 atom stereocenters. The van der Waals surface area contributed by atoms with Gasteiger partial charge in [0, 0.05) is 0 Å². The lowest BCUT2D eigenvalue weighted by molar-refractivity contribution is -0.116. The van der Waals surface area contributed by atoms with Crippen molar-refractivity contribution in [3.05, 3.63) is 42.2 Å². The van der Waals surface area contributed by atoms with Crippen molar-refractivity contribution in [3.8, 4) is 17.1 Å². The van der Waals surface area contributed by atoms with Crippen molar-refractivity contribution in [3.63, 3.8) is 0 Å². The number of hydrogen-bond donors (Lipinski definition) is 1. The summed E-state index contributed by atoms with van der Waals surface area (Å²) in [7, 11) is 1.61. The lowest BCUT2D eigenvalue weighted by atomic mass is 10.1. The average Bonchev–Trinajstić information content (AvgIpc) is 2.87. The van der Waals surface area contributed by atoms with Gasteiger partial charge in [0.25, 0.3) is 0 Å². The molecular formula is C14H14N2O3. The standard InChI is InChI=1S/C14H14N2O3/c1-18-12-5-3-2-4-11(12)13-7-6-10(19-13)8-16-9-14(15)17/h2-8H,9H2,1H3,(H2,15,17). The van der Waals surface area contributed by atoms with Crippen LogP contribution in [0.3, 0.4) is 0 Å². The van der Waals surface area contributed by atoms with Crippen LogP contribution in [0.25, 0.3) is 11.3 Å². The fourth-order valence-electron chi connectivity index (χ4n) is 1.64. The fourth-order valence-corrected chi connectivity index (χ4v) is 1.64. The first-order valence-electron chi connectivity index (χ1n) is 5.72. The SMILES string of the molecule is COc1ccccc1-c1ccc(C=NCC(N)=O)o1. The van der Waals surface area contributed by atoms with E-state index in [0.29, 0.717) is 11.5 Å². The highest BCUT2D eigenvalue weighted by Gasteiger charge is 2.08. The summed E-state index contributed by atoms with van der Waals surface area (Å²) in [5.74, 6) is 1.49. The maximum atomic E-state index is 10.6. The van der Waals surface area contributed by atoms with Crippen LogP contribution in [0.4, 0.5) is 0 Å². The first-order valence-corrected chi connectivity index (χ1v) is 5.72. The number of para-hydroxylation sites is 1. The summed E-state index contributed by atoms with van der Waals surface area (Å²) in [5.41, 5.74) is 5.85. The zero-order valence-electron chi connectivity index (χ0n) is 10.5. The van der Waals surface area contributed by atoms with E-state index in [-0.39, 0.29) is 6.54 Å². The molecule has 1 aromatic carbocycles. The van der Waals surface area contributed by atoms with E-state index in [1.54, 1.807) is 13.2 Å². The van der Waals surface area contributed by atoms with E-state index in [2.05, 4.69) is 4.99 Å². The Kier molecular flexibility index (Phi) is 3.97. The van der Waals surface area contributed by atoms with E-state index in [1.807, 2.05) is 30.3 Å². The van der Waals surface area contributed by atoms with Crippen molar-refractivity contribution in [2.75, 3.05) is 13.7 Å². The first-order chi connectivity index (χ1) is 9.20. The van der Waals surface area contributed by atoms with Crippen LogP contribution in [0.5, 0.6) is 5.75 Å². The van der Waals surface area contributed by atoms with Gasteiger partial charge in [-0.1, -0.05) is 12.1 Å². The molecule has 2 rings (SSSR count). The molecule has 98 valence electrons. The Bertz CT molecular complexity index is 602. The molecule has 1 amide bonds. The van der Waals surface area contributed by atoms with Gasteiger partial charge in [-0.2, -0.15) is 0 Å². The van der Waals surface area contributed by atoms with Crippen LogP contribution in [-0.2, 0) is 4.79 Å². The normalized spacial score (nSPS) is 10.8. The van der Waals surface area contributed by atoms with Gasteiger partial charge in [-0.3, -0.25) is 9.79 Å². The van der Waals surface area contributed by atoms with Crippen LogP contribution in [-0.4, -0.2) is 25.8 Å². The summed E-state index contributed by atoms with van der Waals surface area (Å²) in [6, 6.07) is 11.2. The summed E-state index contributed by atoms with van der Waals surface area (Å²) < 4.78 is 10.9. The van der Waals surface area contributed by atoms with E-state index in [0.717, 1.165) is 11.3 Å². The van der Waals surface area contributed by atoms with Gasteiger partial charge in [-0.25, -0.2) is 0 Å². The van der Waals surface area contributed by atoms with E-state index >= 15 is 0 Å². The second-order valence-corrected chi connectivity index (χ2v) is 3.84. The Labute approximate surface area is 110 Å². The zero-order chi connectivity index (χ0) is 13.7. The molecule has 0 aliphatic heterocycles. The largest absolute Gasteiger partial charge is 0.496 e. The summed E-state index contributed by atoms with van der Waals surface area (Å²) in [5, 5.41) is 0. The Morgan fingerprint density at radius 3 is 2.89 bits per heavy atom. The first kappa shape index (κ1) is 12.9. The number of carbonyl (C=O) groups excluding carboxylic acids is 1. The number of nitrogens with zero attached hydrogens (tertiary/aromatic N) is 1. The van der Waals surface area contributed by atoms with Crippen molar-refractivity contribution in [2.24, 2.45) is 10.7 Å². The molecule has 2 aromatic rings. The third kappa shape index (κ3) is 3.22. The number of methoxy groups -OCH3 is 1. The van der Waals surface area contributed by atoms with E-state index in [1.165, 1.54) is 6.21 Å². The molecule has 1 aromatic heterocycles. The molecule has 2 N–H and O–H groups in total. The molecule has 0 saturated heterocycles. The molecule has 1 heterocycles. The number of hydrogen-bond acceptors (Lipinski definition) is 4. The molecule has 5 nitrogen and oxygen atoms in total. The lowest BCUT2D eigenvalue weighted by Gasteiger charge is -2.04. The average molecular weight is 258 g/mol. The molecule has 0 radical (unpaired) electrons. The maximum absolute atomic E-state index is 10.6. The molecular weight excluding hydrogens is 244 g/mol. The number of primary amides is 1. The van der Waals surface area contributed by atoms with Crippen LogP contribution < -0.4 is 10.5 Å². The molecule has 0 fully saturated rings. The molecule has 0 aliphatic carbocycles. The van der Waals surface area contributed by atoms with E-state index in [9.17, 15) is 4.79 Å².